The van der Waals surface area contributed by atoms with Crippen LogP contribution in [0.5, 0.6) is 0 Å². The fourth-order valence-corrected chi connectivity index (χ4v) is 2.64. The molecule has 18 heavy (non-hydrogen) atoms. The number of rotatable bonds is 2. The van der Waals surface area contributed by atoms with Gasteiger partial charge in [0.25, 0.3) is 0 Å². The molecule has 0 aromatic carbocycles. The second kappa shape index (κ2) is 5.86. The average molecular weight is 268 g/mol. The van der Waals surface area contributed by atoms with Gasteiger partial charge in [0.15, 0.2) is 0 Å². The van der Waals surface area contributed by atoms with Gasteiger partial charge in [0.05, 0.1) is 13.5 Å². The van der Waals surface area contributed by atoms with Gasteiger partial charge >= 0.3 is 6.09 Å². The molecule has 1 aliphatic rings. The molecule has 1 saturated heterocycles. The first kappa shape index (κ1) is 12.9. The summed E-state index contributed by atoms with van der Waals surface area (Å²) >= 11 is 1.59. The van der Waals surface area contributed by atoms with Gasteiger partial charge in [-0.1, -0.05) is 6.07 Å². The molecule has 2 amide bonds. The van der Waals surface area contributed by atoms with Gasteiger partial charge < -0.3 is 14.5 Å². The number of piperazine rings is 1. The molecule has 1 aromatic heterocycles. The van der Waals surface area contributed by atoms with Gasteiger partial charge in [0, 0.05) is 31.1 Å². The van der Waals surface area contributed by atoms with Crippen molar-refractivity contribution in [3.63, 3.8) is 0 Å². The molecule has 98 valence electrons. The fraction of sp³-hybridized carbons (Fsp3) is 0.500. The van der Waals surface area contributed by atoms with E-state index in [9.17, 15) is 9.59 Å². The smallest absolute Gasteiger partial charge is 0.409 e. The van der Waals surface area contributed by atoms with E-state index in [0.29, 0.717) is 32.6 Å². The van der Waals surface area contributed by atoms with Gasteiger partial charge in [0.1, 0.15) is 0 Å². The quantitative estimate of drug-likeness (QED) is 0.810. The Balaban J connectivity index is 1.82. The molecular formula is C12H16N2O3S. The molecule has 0 aliphatic carbocycles. The molecule has 1 fully saturated rings. The molecule has 0 saturated carbocycles. The molecule has 0 N–H and O–H groups in total. The Bertz CT molecular complexity index is 411. The topological polar surface area (TPSA) is 49.9 Å². The van der Waals surface area contributed by atoms with Crippen molar-refractivity contribution in [2.24, 2.45) is 0 Å². The van der Waals surface area contributed by atoms with Crippen LogP contribution in [-0.4, -0.2) is 55.1 Å². The molecule has 0 atom stereocenters. The van der Waals surface area contributed by atoms with Crippen LogP contribution in [0.25, 0.3) is 0 Å². The number of methoxy groups -OCH3 is 1. The summed E-state index contributed by atoms with van der Waals surface area (Å²) in [5, 5.41) is 1.97. The lowest BCUT2D eigenvalue weighted by Crippen LogP contribution is -2.50. The number of amides is 2. The number of hydrogen-bond acceptors (Lipinski definition) is 4. The number of carbonyl (C=O) groups is 2. The Morgan fingerprint density at radius 1 is 1.28 bits per heavy atom. The van der Waals surface area contributed by atoms with Gasteiger partial charge in [-0.3, -0.25) is 4.79 Å². The van der Waals surface area contributed by atoms with Crippen molar-refractivity contribution < 1.29 is 14.3 Å². The number of nitrogens with zero attached hydrogens (tertiary/aromatic N) is 2. The van der Waals surface area contributed by atoms with Crippen LogP contribution in [0.4, 0.5) is 4.79 Å². The number of hydrogen-bond donors (Lipinski definition) is 0. The third-order valence-electron chi connectivity index (χ3n) is 2.97. The monoisotopic (exact) mass is 268 g/mol. The molecule has 2 heterocycles. The zero-order valence-corrected chi connectivity index (χ0v) is 11.1. The van der Waals surface area contributed by atoms with Gasteiger partial charge in [0.2, 0.25) is 5.91 Å². The lowest BCUT2D eigenvalue weighted by molar-refractivity contribution is -0.131. The molecule has 2 rings (SSSR count). The van der Waals surface area contributed by atoms with E-state index in [1.54, 1.807) is 21.1 Å². The lowest BCUT2D eigenvalue weighted by atomic mass is 10.2. The minimum Gasteiger partial charge on any atom is -0.453 e. The van der Waals surface area contributed by atoms with E-state index in [-0.39, 0.29) is 12.0 Å². The third-order valence-corrected chi connectivity index (χ3v) is 3.85. The summed E-state index contributed by atoms with van der Waals surface area (Å²) in [7, 11) is 1.37. The first-order chi connectivity index (χ1) is 8.70. The van der Waals surface area contributed by atoms with Crippen molar-refractivity contribution in [1.82, 2.24) is 9.80 Å². The maximum absolute atomic E-state index is 12.0. The maximum atomic E-state index is 12.0. The zero-order chi connectivity index (χ0) is 13.0. The van der Waals surface area contributed by atoms with E-state index >= 15 is 0 Å². The van der Waals surface area contributed by atoms with Crippen molar-refractivity contribution in [2.75, 3.05) is 33.3 Å². The Labute approximate surface area is 110 Å². The normalized spacial score (nSPS) is 15.6. The summed E-state index contributed by atoms with van der Waals surface area (Å²) in [5.74, 6) is 0.127. The van der Waals surface area contributed by atoms with Crippen LogP contribution >= 0.6 is 11.3 Å². The molecule has 6 heteroatoms. The first-order valence-corrected chi connectivity index (χ1v) is 6.71. The predicted molar refractivity (Wildman–Crippen MR) is 68.6 cm³/mol. The highest BCUT2D eigenvalue weighted by atomic mass is 32.1. The van der Waals surface area contributed by atoms with Crippen LogP contribution in [0, 0.1) is 0 Å². The summed E-state index contributed by atoms with van der Waals surface area (Å²) in [4.78, 5) is 27.8. The Morgan fingerprint density at radius 3 is 2.50 bits per heavy atom. The molecule has 5 nitrogen and oxygen atoms in total. The van der Waals surface area contributed by atoms with E-state index in [2.05, 4.69) is 4.74 Å². The van der Waals surface area contributed by atoms with Crippen molar-refractivity contribution in [3.05, 3.63) is 22.4 Å². The SMILES string of the molecule is COC(=O)N1CCN(C(=O)Cc2cccs2)CC1. The fourth-order valence-electron chi connectivity index (χ4n) is 1.94. The first-order valence-electron chi connectivity index (χ1n) is 5.84. The number of ether oxygens (including phenoxy) is 1. The Kier molecular flexibility index (Phi) is 4.19. The molecule has 1 aliphatic heterocycles. The molecule has 0 bridgehead atoms. The predicted octanol–water partition coefficient (Wildman–Crippen LogP) is 1.20. The van der Waals surface area contributed by atoms with Crippen LogP contribution < -0.4 is 0 Å². The third kappa shape index (κ3) is 3.01. The van der Waals surface area contributed by atoms with Crippen LogP contribution in [0.2, 0.25) is 0 Å². The number of thiophene rings is 1. The molecule has 0 radical (unpaired) electrons. The Morgan fingerprint density at radius 2 is 1.94 bits per heavy atom. The van der Waals surface area contributed by atoms with Crippen LogP contribution in [-0.2, 0) is 16.0 Å². The molecular weight excluding hydrogens is 252 g/mol. The van der Waals surface area contributed by atoms with E-state index in [0.717, 1.165) is 4.88 Å². The minimum absolute atomic E-state index is 0.127. The summed E-state index contributed by atoms with van der Waals surface area (Å²) in [5.41, 5.74) is 0. The molecule has 1 aromatic rings. The zero-order valence-electron chi connectivity index (χ0n) is 10.3. The second-order valence-corrected chi connectivity index (χ2v) is 5.13. The van der Waals surface area contributed by atoms with Gasteiger partial charge in [-0.05, 0) is 11.4 Å². The largest absolute Gasteiger partial charge is 0.453 e. The van der Waals surface area contributed by atoms with Crippen LogP contribution in [0.3, 0.4) is 0 Å². The van der Waals surface area contributed by atoms with E-state index in [1.165, 1.54) is 7.11 Å². The van der Waals surface area contributed by atoms with E-state index in [4.69, 9.17) is 0 Å². The Hall–Kier alpha value is -1.56. The maximum Gasteiger partial charge on any atom is 0.409 e. The highest BCUT2D eigenvalue weighted by molar-refractivity contribution is 7.10. The molecule has 0 unspecified atom stereocenters. The summed E-state index contributed by atoms with van der Waals surface area (Å²) in [6.45, 7) is 2.25. The second-order valence-electron chi connectivity index (χ2n) is 4.09. The number of carbonyl (C=O) groups excluding carboxylic acids is 2. The van der Waals surface area contributed by atoms with Crippen molar-refractivity contribution in [1.29, 1.82) is 0 Å². The standard InChI is InChI=1S/C12H16N2O3S/c1-17-12(16)14-6-4-13(5-7-14)11(15)9-10-3-2-8-18-10/h2-3,8H,4-7,9H2,1H3. The van der Waals surface area contributed by atoms with Crippen LogP contribution in [0.1, 0.15) is 4.88 Å². The van der Waals surface area contributed by atoms with Gasteiger partial charge in [-0.2, -0.15) is 0 Å². The summed E-state index contributed by atoms with van der Waals surface area (Å²) < 4.78 is 4.66. The highest BCUT2D eigenvalue weighted by Gasteiger charge is 2.24. The van der Waals surface area contributed by atoms with E-state index < -0.39 is 0 Å². The lowest BCUT2D eigenvalue weighted by Gasteiger charge is -2.33. The van der Waals surface area contributed by atoms with Gasteiger partial charge in [-0.15, -0.1) is 11.3 Å². The van der Waals surface area contributed by atoms with Crippen molar-refractivity contribution >= 4 is 23.3 Å². The van der Waals surface area contributed by atoms with Crippen molar-refractivity contribution in [3.8, 4) is 0 Å². The van der Waals surface area contributed by atoms with Gasteiger partial charge in [-0.25, -0.2) is 4.79 Å². The van der Waals surface area contributed by atoms with E-state index in [1.807, 2.05) is 17.5 Å². The minimum atomic E-state index is -0.319. The highest BCUT2D eigenvalue weighted by Crippen LogP contribution is 2.12. The summed E-state index contributed by atoms with van der Waals surface area (Å²) in [6, 6.07) is 3.91. The van der Waals surface area contributed by atoms with Crippen LogP contribution in [0.15, 0.2) is 17.5 Å². The average Bonchev–Trinajstić information content (AvgIpc) is 2.91. The van der Waals surface area contributed by atoms with Crippen molar-refractivity contribution in [2.45, 2.75) is 6.42 Å². The molecule has 0 spiro atoms. The summed E-state index contributed by atoms with van der Waals surface area (Å²) in [6.07, 6.45) is 0.135.